The smallest absolute Gasteiger partial charge is 0.262 e. The summed E-state index contributed by atoms with van der Waals surface area (Å²) in [5.41, 5.74) is 1.57. The van der Waals surface area contributed by atoms with Crippen molar-refractivity contribution in [3.05, 3.63) is 87.6 Å². The van der Waals surface area contributed by atoms with Gasteiger partial charge in [-0.2, -0.15) is 5.26 Å². The number of benzene rings is 2. The molecule has 1 amide bonds. The molecule has 0 aliphatic rings. The Morgan fingerprint density at radius 2 is 1.89 bits per heavy atom. The molecule has 0 fully saturated rings. The molecule has 134 valence electrons. The lowest BCUT2D eigenvalue weighted by atomic mass is 10.2. The van der Waals surface area contributed by atoms with Crippen molar-refractivity contribution in [1.29, 1.82) is 5.26 Å². The molecule has 1 aromatic heterocycles. The van der Waals surface area contributed by atoms with E-state index in [1.165, 1.54) is 6.08 Å². The second-order valence-corrected chi connectivity index (χ2v) is 6.51. The van der Waals surface area contributed by atoms with Crippen LogP contribution in [0, 0.1) is 11.3 Å². The first kappa shape index (κ1) is 18.8. The van der Waals surface area contributed by atoms with Crippen LogP contribution in [-0.2, 0) is 11.3 Å². The molecule has 3 aromatic rings. The van der Waals surface area contributed by atoms with Crippen molar-refractivity contribution in [2.45, 2.75) is 6.54 Å². The Morgan fingerprint density at radius 1 is 1.11 bits per heavy atom. The largest absolute Gasteiger partial charge is 0.457 e. The van der Waals surface area contributed by atoms with E-state index >= 15 is 0 Å². The van der Waals surface area contributed by atoms with E-state index in [0.29, 0.717) is 33.7 Å². The van der Waals surface area contributed by atoms with Crippen LogP contribution in [0.4, 0.5) is 0 Å². The van der Waals surface area contributed by atoms with Crippen molar-refractivity contribution in [2.24, 2.45) is 0 Å². The lowest BCUT2D eigenvalue weighted by Gasteiger charge is -2.04. The molecule has 0 aliphatic heterocycles. The molecule has 0 radical (unpaired) electrons. The second kappa shape index (κ2) is 8.59. The fourth-order valence-corrected chi connectivity index (χ4v) is 2.93. The predicted molar refractivity (Wildman–Crippen MR) is 106 cm³/mol. The zero-order chi connectivity index (χ0) is 19.2. The Morgan fingerprint density at radius 3 is 2.59 bits per heavy atom. The lowest BCUT2D eigenvalue weighted by molar-refractivity contribution is -0.117. The maximum atomic E-state index is 12.2. The Kier molecular flexibility index (Phi) is 5.97. The van der Waals surface area contributed by atoms with Crippen molar-refractivity contribution in [3.63, 3.8) is 0 Å². The molecule has 4 nitrogen and oxygen atoms in total. The van der Waals surface area contributed by atoms with E-state index in [0.717, 1.165) is 5.56 Å². The highest BCUT2D eigenvalue weighted by atomic mass is 35.5. The van der Waals surface area contributed by atoms with E-state index in [9.17, 15) is 10.1 Å². The van der Waals surface area contributed by atoms with Gasteiger partial charge >= 0.3 is 0 Å². The number of hydrogen-bond acceptors (Lipinski definition) is 3. The first-order chi connectivity index (χ1) is 13.1. The minimum atomic E-state index is -0.469. The van der Waals surface area contributed by atoms with Gasteiger partial charge in [0, 0.05) is 23.2 Å². The predicted octanol–water partition coefficient (Wildman–Crippen LogP) is 5.48. The van der Waals surface area contributed by atoms with Crippen LogP contribution in [0.3, 0.4) is 0 Å². The monoisotopic (exact) mass is 396 g/mol. The normalized spacial score (nSPS) is 11.1. The van der Waals surface area contributed by atoms with Gasteiger partial charge in [-0.05, 0) is 35.9 Å². The van der Waals surface area contributed by atoms with Crippen molar-refractivity contribution < 1.29 is 9.21 Å². The van der Waals surface area contributed by atoms with Crippen molar-refractivity contribution in [2.75, 3.05) is 0 Å². The number of hydrogen-bond donors (Lipinski definition) is 1. The fraction of sp³-hybridized carbons (Fsp3) is 0.0476. The Balaban J connectivity index is 1.75. The summed E-state index contributed by atoms with van der Waals surface area (Å²) in [4.78, 5) is 12.2. The summed E-state index contributed by atoms with van der Waals surface area (Å²) in [6.07, 6.45) is 1.40. The fourth-order valence-electron chi connectivity index (χ4n) is 2.43. The van der Waals surface area contributed by atoms with E-state index < -0.39 is 5.91 Å². The Labute approximate surface area is 166 Å². The van der Waals surface area contributed by atoms with Gasteiger partial charge in [-0.25, -0.2) is 0 Å². The Hall–Kier alpha value is -3.00. The van der Waals surface area contributed by atoms with Crippen molar-refractivity contribution >= 4 is 35.2 Å². The van der Waals surface area contributed by atoms with Crippen LogP contribution in [0.5, 0.6) is 0 Å². The maximum absolute atomic E-state index is 12.2. The molecular weight excluding hydrogens is 383 g/mol. The minimum Gasteiger partial charge on any atom is -0.457 e. The topological polar surface area (TPSA) is 66.0 Å². The van der Waals surface area contributed by atoms with Crippen LogP contribution in [0.1, 0.15) is 11.3 Å². The standard InChI is InChI=1S/C21H14Cl2N2O2/c22-16-6-8-18(19(23)11-16)20-9-7-17(27-20)10-15(12-24)21(26)25-13-14-4-2-1-3-5-14/h1-11H,13H2,(H,25,26)/b15-10-. The molecule has 6 heteroatoms. The second-order valence-electron chi connectivity index (χ2n) is 5.66. The molecule has 0 unspecified atom stereocenters. The minimum absolute atomic E-state index is 0.0472. The zero-order valence-electron chi connectivity index (χ0n) is 14.1. The van der Waals surface area contributed by atoms with Gasteiger partial charge in [0.15, 0.2) is 0 Å². The molecule has 0 saturated heterocycles. The summed E-state index contributed by atoms with van der Waals surface area (Å²) in [5, 5.41) is 13.0. The molecule has 0 saturated carbocycles. The molecule has 2 aromatic carbocycles. The summed E-state index contributed by atoms with van der Waals surface area (Å²) in [5.74, 6) is 0.427. The van der Waals surface area contributed by atoms with Crippen LogP contribution in [0.15, 0.2) is 70.7 Å². The van der Waals surface area contributed by atoms with E-state index in [4.69, 9.17) is 27.6 Å². The highest BCUT2D eigenvalue weighted by Gasteiger charge is 2.12. The molecular formula is C21H14Cl2N2O2. The SMILES string of the molecule is N#C/C(=C/c1ccc(-c2ccc(Cl)cc2Cl)o1)C(=O)NCc1ccccc1. The van der Waals surface area contributed by atoms with Crippen LogP contribution in [0.25, 0.3) is 17.4 Å². The summed E-state index contributed by atoms with van der Waals surface area (Å²) < 4.78 is 5.70. The van der Waals surface area contributed by atoms with E-state index in [1.54, 1.807) is 30.3 Å². The number of amides is 1. The quantitative estimate of drug-likeness (QED) is 0.458. The summed E-state index contributed by atoms with van der Waals surface area (Å²) in [6.45, 7) is 0.336. The van der Waals surface area contributed by atoms with Crippen molar-refractivity contribution in [1.82, 2.24) is 5.32 Å². The van der Waals surface area contributed by atoms with Gasteiger partial charge in [-0.1, -0.05) is 53.5 Å². The number of nitriles is 1. The first-order valence-electron chi connectivity index (χ1n) is 8.06. The molecule has 0 spiro atoms. The van der Waals surface area contributed by atoms with Gasteiger partial charge in [0.1, 0.15) is 23.2 Å². The molecule has 3 rings (SSSR count). The molecule has 0 bridgehead atoms. The van der Waals surface area contributed by atoms with E-state index in [-0.39, 0.29) is 5.57 Å². The van der Waals surface area contributed by atoms with Gasteiger partial charge in [-0.3, -0.25) is 4.79 Å². The van der Waals surface area contributed by atoms with Gasteiger partial charge in [0.05, 0.1) is 5.02 Å². The number of nitrogens with zero attached hydrogens (tertiary/aromatic N) is 1. The number of furan rings is 1. The molecule has 1 heterocycles. The summed E-state index contributed by atoms with van der Waals surface area (Å²) in [6, 6.07) is 19.8. The van der Waals surface area contributed by atoms with Crippen LogP contribution in [-0.4, -0.2) is 5.91 Å². The van der Waals surface area contributed by atoms with Crippen LogP contribution in [0.2, 0.25) is 10.0 Å². The summed E-state index contributed by atoms with van der Waals surface area (Å²) in [7, 11) is 0. The third-order valence-corrected chi connectivity index (χ3v) is 4.32. The van der Waals surface area contributed by atoms with Crippen molar-refractivity contribution in [3.8, 4) is 17.4 Å². The average Bonchev–Trinajstić information content (AvgIpc) is 3.13. The number of nitrogens with one attached hydrogen (secondary N) is 1. The van der Waals surface area contributed by atoms with Gasteiger partial charge < -0.3 is 9.73 Å². The van der Waals surface area contributed by atoms with Gasteiger partial charge in [0.25, 0.3) is 5.91 Å². The molecule has 0 aliphatic carbocycles. The summed E-state index contributed by atoms with van der Waals surface area (Å²) >= 11 is 12.1. The van der Waals surface area contributed by atoms with E-state index in [2.05, 4.69) is 5.32 Å². The van der Waals surface area contributed by atoms with Gasteiger partial charge in [0.2, 0.25) is 0 Å². The average molecular weight is 397 g/mol. The van der Waals surface area contributed by atoms with Crippen LogP contribution < -0.4 is 5.32 Å². The molecule has 1 N–H and O–H groups in total. The number of rotatable bonds is 5. The number of halogens is 2. The highest BCUT2D eigenvalue weighted by molar-refractivity contribution is 6.36. The van der Waals surface area contributed by atoms with E-state index in [1.807, 2.05) is 36.4 Å². The lowest BCUT2D eigenvalue weighted by Crippen LogP contribution is -2.23. The van der Waals surface area contributed by atoms with Gasteiger partial charge in [-0.15, -0.1) is 0 Å². The number of carbonyl (C=O) groups excluding carboxylic acids is 1. The first-order valence-corrected chi connectivity index (χ1v) is 8.81. The Bertz CT molecular complexity index is 1030. The number of carbonyl (C=O) groups is 1. The molecule has 0 atom stereocenters. The zero-order valence-corrected chi connectivity index (χ0v) is 15.6. The third-order valence-electron chi connectivity index (χ3n) is 3.77. The highest BCUT2D eigenvalue weighted by Crippen LogP contribution is 2.31. The third kappa shape index (κ3) is 4.79. The van der Waals surface area contributed by atoms with Crippen LogP contribution >= 0.6 is 23.2 Å². The maximum Gasteiger partial charge on any atom is 0.262 e. The molecule has 27 heavy (non-hydrogen) atoms.